The zero-order valence-corrected chi connectivity index (χ0v) is 10.8. The summed E-state index contributed by atoms with van der Waals surface area (Å²) in [7, 11) is -1.48. The van der Waals surface area contributed by atoms with Gasteiger partial charge in [-0.05, 0) is 31.2 Å². The van der Waals surface area contributed by atoms with Crippen LogP contribution in [0.5, 0.6) is 11.5 Å². The molecule has 0 heterocycles. The second kappa shape index (κ2) is 7.00. The zero-order chi connectivity index (χ0) is 12.6. The minimum atomic E-state index is -1.48. The van der Waals surface area contributed by atoms with E-state index in [2.05, 4.69) is 6.92 Å². The molecule has 2 aromatic rings. The van der Waals surface area contributed by atoms with Crippen LogP contribution < -0.4 is 9.05 Å². The Morgan fingerprint density at radius 3 is 1.61 bits per heavy atom. The third-order valence-electron chi connectivity index (χ3n) is 2.04. The Hall–Kier alpha value is -1.57. The lowest BCUT2D eigenvalue weighted by Gasteiger charge is -2.16. The van der Waals surface area contributed by atoms with Gasteiger partial charge in [-0.2, -0.15) is 0 Å². The van der Waals surface area contributed by atoms with E-state index in [1.807, 2.05) is 60.7 Å². The zero-order valence-electron chi connectivity index (χ0n) is 9.86. The summed E-state index contributed by atoms with van der Waals surface area (Å²) in [4.78, 5) is 0. The van der Waals surface area contributed by atoms with Gasteiger partial charge in [-0.3, -0.25) is 4.52 Å². The summed E-state index contributed by atoms with van der Waals surface area (Å²) >= 11 is 0. The molecule has 0 amide bonds. The Morgan fingerprint density at radius 1 is 0.778 bits per heavy atom. The molecule has 0 bridgehead atoms. The smallest absolute Gasteiger partial charge is 0.418 e. The van der Waals surface area contributed by atoms with Gasteiger partial charge < -0.3 is 9.05 Å². The predicted molar refractivity (Wildman–Crippen MR) is 72.4 cm³/mol. The maximum Gasteiger partial charge on any atom is 0.463 e. The molecule has 0 saturated carbocycles. The SMILES string of the molecule is [CH2]COP(Oc1ccccc1)Oc1ccccc1. The molecule has 0 aliphatic heterocycles. The van der Waals surface area contributed by atoms with Crippen molar-refractivity contribution in [1.82, 2.24) is 0 Å². The van der Waals surface area contributed by atoms with Crippen molar-refractivity contribution in [3.8, 4) is 11.5 Å². The lowest BCUT2D eigenvalue weighted by molar-refractivity contribution is 0.293. The Balaban J connectivity index is 2.00. The van der Waals surface area contributed by atoms with Crippen LogP contribution in [0.2, 0.25) is 0 Å². The highest BCUT2D eigenvalue weighted by Gasteiger charge is 2.15. The Morgan fingerprint density at radius 2 is 1.22 bits per heavy atom. The average molecular weight is 261 g/mol. The van der Waals surface area contributed by atoms with Crippen molar-refractivity contribution < 1.29 is 13.6 Å². The summed E-state index contributed by atoms with van der Waals surface area (Å²) in [6.07, 6.45) is 0. The van der Waals surface area contributed by atoms with Crippen LogP contribution in [0.15, 0.2) is 60.7 Å². The van der Waals surface area contributed by atoms with Crippen molar-refractivity contribution in [1.29, 1.82) is 0 Å². The van der Waals surface area contributed by atoms with E-state index >= 15 is 0 Å². The summed E-state index contributed by atoms with van der Waals surface area (Å²) in [6, 6.07) is 18.9. The molecule has 3 nitrogen and oxygen atoms in total. The van der Waals surface area contributed by atoms with E-state index in [9.17, 15) is 0 Å². The van der Waals surface area contributed by atoms with Crippen LogP contribution in [0.4, 0.5) is 0 Å². The summed E-state index contributed by atoms with van der Waals surface area (Å²) < 4.78 is 16.6. The van der Waals surface area contributed by atoms with Gasteiger partial charge in [0, 0.05) is 0 Å². The molecule has 18 heavy (non-hydrogen) atoms. The maximum absolute atomic E-state index is 5.64. The van der Waals surface area contributed by atoms with Crippen molar-refractivity contribution in [3.05, 3.63) is 67.6 Å². The van der Waals surface area contributed by atoms with Gasteiger partial charge in [-0.1, -0.05) is 36.4 Å². The van der Waals surface area contributed by atoms with Gasteiger partial charge in [0.1, 0.15) is 11.5 Å². The quantitative estimate of drug-likeness (QED) is 0.728. The molecule has 2 aromatic carbocycles. The first kappa shape index (κ1) is 12.9. The van der Waals surface area contributed by atoms with E-state index < -0.39 is 8.60 Å². The molecule has 0 fully saturated rings. The fourth-order valence-corrected chi connectivity index (χ4v) is 2.16. The predicted octanol–water partition coefficient (Wildman–Crippen LogP) is 4.22. The van der Waals surface area contributed by atoms with Gasteiger partial charge in [0.25, 0.3) is 0 Å². The summed E-state index contributed by atoms with van der Waals surface area (Å²) in [5, 5.41) is 0. The summed E-state index contributed by atoms with van der Waals surface area (Å²) in [6.45, 7) is 3.94. The molecule has 0 unspecified atom stereocenters. The van der Waals surface area contributed by atoms with Crippen molar-refractivity contribution in [3.63, 3.8) is 0 Å². The van der Waals surface area contributed by atoms with Crippen molar-refractivity contribution in [2.24, 2.45) is 0 Å². The van der Waals surface area contributed by atoms with Gasteiger partial charge in [0.2, 0.25) is 0 Å². The molecule has 4 heteroatoms. The number of hydrogen-bond donors (Lipinski definition) is 0. The fourth-order valence-electron chi connectivity index (χ4n) is 1.28. The van der Waals surface area contributed by atoms with Crippen LogP contribution in [0.3, 0.4) is 0 Å². The number of para-hydroxylation sites is 2. The largest absolute Gasteiger partial charge is 0.463 e. The van der Waals surface area contributed by atoms with Crippen LogP contribution in [-0.2, 0) is 4.52 Å². The van der Waals surface area contributed by atoms with E-state index in [1.54, 1.807) is 0 Å². The van der Waals surface area contributed by atoms with Gasteiger partial charge in [0.15, 0.2) is 0 Å². The van der Waals surface area contributed by atoms with Crippen molar-refractivity contribution >= 4 is 8.60 Å². The average Bonchev–Trinajstić information content (AvgIpc) is 2.41. The number of hydrogen-bond acceptors (Lipinski definition) is 3. The van der Waals surface area contributed by atoms with Crippen LogP contribution >= 0.6 is 8.60 Å². The topological polar surface area (TPSA) is 27.7 Å². The number of benzene rings is 2. The van der Waals surface area contributed by atoms with Gasteiger partial charge in [0.05, 0.1) is 6.61 Å². The molecular formula is C14H14O3P. The molecule has 0 atom stereocenters. The molecule has 1 radical (unpaired) electrons. The molecule has 0 spiro atoms. The lowest BCUT2D eigenvalue weighted by Crippen LogP contribution is -1.99. The molecule has 0 N–H and O–H groups in total. The molecule has 2 rings (SSSR count). The van der Waals surface area contributed by atoms with E-state index in [0.29, 0.717) is 18.1 Å². The molecule has 0 saturated heterocycles. The summed E-state index contributed by atoms with van der Waals surface area (Å²) in [5.41, 5.74) is 0. The van der Waals surface area contributed by atoms with E-state index in [4.69, 9.17) is 13.6 Å². The summed E-state index contributed by atoms with van der Waals surface area (Å²) in [5.74, 6) is 1.43. The second-order valence-corrected chi connectivity index (χ2v) is 4.44. The Labute approximate surface area is 108 Å². The molecule has 0 aliphatic carbocycles. The molecule has 0 aliphatic rings. The molecular weight excluding hydrogens is 247 g/mol. The van der Waals surface area contributed by atoms with E-state index in [-0.39, 0.29) is 0 Å². The van der Waals surface area contributed by atoms with E-state index in [1.165, 1.54) is 0 Å². The van der Waals surface area contributed by atoms with Gasteiger partial charge in [-0.15, -0.1) is 0 Å². The van der Waals surface area contributed by atoms with Crippen molar-refractivity contribution in [2.45, 2.75) is 0 Å². The fraction of sp³-hybridized carbons (Fsp3) is 0.0714. The van der Waals surface area contributed by atoms with E-state index in [0.717, 1.165) is 0 Å². The highest BCUT2D eigenvalue weighted by Crippen LogP contribution is 2.40. The monoisotopic (exact) mass is 261 g/mol. The van der Waals surface area contributed by atoms with Crippen molar-refractivity contribution in [2.75, 3.05) is 6.61 Å². The second-order valence-electron chi connectivity index (χ2n) is 3.37. The van der Waals surface area contributed by atoms with Gasteiger partial charge >= 0.3 is 8.60 Å². The first-order chi connectivity index (χ1) is 8.88. The third kappa shape index (κ3) is 4.02. The number of rotatable bonds is 6. The normalized spacial score (nSPS) is 10.3. The maximum atomic E-state index is 5.64. The van der Waals surface area contributed by atoms with Crippen LogP contribution in [0.25, 0.3) is 0 Å². The lowest BCUT2D eigenvalue weighted by atomic mass is 10.3. The highest BCUT2D eigenvalue weighted by molar-refractivity contribution is 7.42. The first-order valence-electron chi connectivity index (χ1n) is 5.57. The van der Waals surface area contributed by atoms with Crippen LogP contribution in [0.1, 0.15) is 0 Å². The highest BCUT2D eigenvalue weighted by atomic mass is 31.2. The Kier molecular flexibility index (Phi) is 5.00. The minimum Gasteiger partial charge on any atom is -0.418 e. The Bertz CT molecular complexity index is 406. The van der Waals surface area contributed by atoms with Crippen LogP contribution in [-0.4, -0.2) is 6.61 Å². The standard InChI is InChI=1S/C14H14O3P/c1-2-15-18(16-13-9-5-3-6-10-13)17-14-11-7-4-8-12-14/h3-12H,1-2H2. The molecule has 0 aromatic heterocycles. The van der Waals surface area contributed by atoms with Crippen LogP contribution in [0, 0.1) is 6.92 Å². The first-order valence-corrected chi connectivity index (χ1v) is 6.66. The third-order valence-corrected chi connectivity index (χ3v) is 3.16. The minimum absolute atomic E-state index is 0.297. The molecule has 93 valence electrons. The van der Waals surface area contributed by atoms with Gasteiger partial charge in [-0.25, -0.2) is 0 Å².